The maximum absolute atomic E-state index is 12.6. The number of amides is 1. The zero-order chi connectivity index (χ0) is 20.4. The Labute approximate surface area is 171 Å². The Kier molecular flexibility index (Phi) is 5.38. The number of nitrogens with zero attached hydrogens (tertiary/aromatic N) is 3. The Morgan fingerprint density at radius 2 is 1.93 bits per heavy atom. The van der Waals surface area contributed by atoms with Crippen LogP contribution in [0.3, 0.4) is 0 Å². The topological polar surface area (TPSA) is 47.4 Å². The molecule has 1 saturated carbocycles. The standard InChI is InChI=1S/C24H27N3O2/c1-4-22(28)27(19-13-14-19)16-21-23(18-10-6-5-7-11-18)25-26(3)24(21)29-20-12-8-9-17(2)15-20/h5-12,15,19H,4,13-14,16H2,1-3H3. The summed E-state index contributed by atoms with van der Waals surface area (Å²) in [6.45, 7) is 4.47. The number of ether oxygens (including phenoxy) is 1. The van der Waals surface area contributed by atoms with Gasteiger partial charge in [0.05, 0.1) is 12.1 Å². The number of aryl methyl sites for hydroxylation is 2. The summed E-state index contributed by atoms with van der Waals surface area (Å²) in [6.07, 6.45) is 2.65. The Morgan fingerprint density at radius 3 is 2.59 bits per heavy atom. The van der Waals surface area contributed by atoms with E-state index in [9.17, 15) is 4.79 Å². The zero-order valence-electron chi connectivity index (χ0n) is 17.3. The van der Waals surface area contributed by atoms with Gasteiger partial charge in [-0.1, -0.05) is 49.4 Å². The van der Waals surface area contributed by atoms with E-state index in [1.54, 1.807) is 4.68 Å². The fraction of sp³-hybridized carbons (Fsp3) is 0.333. The maximum atomic E-state index is 12.6. The minimum atomic E-state index is 0.178. The van der Waals surface area contributed by atoms with Crippen LogP contribution < -0.4 is 4.74 Å². The van der Waals surface area contributed by atoms with Crippen molar-refractivity contribution in [2.75, 3.05) is 0 Å². The van der Waals surface area contributed by atoms with Gasteiger partial charge in [-0.2, -0.15) is 5.10 Å². The number of carbonyl (C=O) groups excluding carboxylic acids is 1. The first kappa shape index (κ1) is 19.2. The average molecular weight is 389 g/mol. The second-order valence-electron chi connectivity index (χ2n) is 7.65. The van der Waals surface area contributed by atoms with Crippen molar-refractivity contribution in [1.29, 1.82) is 0 Å². The number of aromatic nitrogens is 2. The number of hydrogen-bond donors (Lipinski definition) is 0. The van der Waals surface area contributed by atoms with Crippen LogP contribution in [0, 0.1) is 6.92 Å². The van der Waals surface area contributed by atoms with Crippen molar-refractivity contribution < 1.29 is 9.53 Å². The summed E-state index contributed by atoms with van der Waals surface area (Å²) in [5, 5.41) is 4.77. The summed E-state index contributed by atoms with van der Waals surface area (Å²) in [7, 11) is 1.89. The van der Waals surface area contributed by atoms with Crippen LogP contribution in [-0.2, 0) is 18.4 Å². The van der Waals surface area contributed by atoms with E-state index in [0.29, 0.717) is 24.9 Å². The molecule has 1 aliphatic rings. The SMILES string of the molecule is CCC(=O)N(Cc1c(-c2ccccc2)nn(C)c1Oc1cccc(C)c1)C1CC1. The zero-order valence-corrected chi connectivity index (χ0v) is 17.3. The van der Waals surface area contributed by atoms with Crippen molar-refractivity contribution in [3.63, 3.8) is 0 Å². The summed E-state index contributed by atoms with van der Waals surface area (Å²) in [5.74, 6) is 1.63. The monoisotopic (exact) mass is 389 g/mol. The molecule has 29 heavy (non-hydrogen) atoms. The third-order valence-corrected chi connectivity index (χ3v) is 5.28. The van der Waals surface area contributed by atoms with Gasteiger partial charge in [0.2, 0.25) is 11.8 Å². The van der Waals surface area contributed by atoms with Gasteiger partial charge >= 0.3 is 0 Å². The lowest BCUT2D eigenvalue weighted by molar-refractivity contribution is -0.132. The first-order valence-corrected chi connectivity index (χ1v) is 10.2. The molecule has 1 heterocycles. The minimum absolute atomic E-state index is 0.178. The molecule has 0 spiro atoms. The van der Waals surface area contributed by atoms with Gasteiger partial charge < -0.3 is 9.64 Å². The van der Waals surface area contributed by atoms with E-state index in [4.69, 9.17) is 9.84 Å². The van der Waals surface area contributed by atoms with Gasteiger partial charge in [0.25, 0.3) is 0 Å². The molecule has 4 rings (SSSR count). The Bertz CT molecular complexity index is 1010. The highest BCUT2D eigenvalue weighted by Crippen LogP contribution is 2.37. The van der Waals surface area contributed by atoms with Crippen molar-refractivity contribution in [3.05, 3.63) is 65.7 Å². The highest BCUT2D eigenvalue weighted by molar-refractivity contribution is 5.77. The molecule has 3 aromatic rings. The van der Waals surface area contributed by atoms with Crippen LogP contribution in [0.4, 0.5) is 0 Å². The number of rotatable bonds is 7. The molecule has 1 aromatic heterocycles. The van der Waals surface area contributed by atoms with Crippen LogP contribution in [0.2, 0.25) is 0 Å². The van der Waals surface area contributed by atoms with Crippen molar-refractivity contribution in [2.45, 2.75) is 45.7 Å². The third kappa shape index (κ3) is 4.19. The fourth-order valence-electron chi connectivity index (χ4n) is 3.62. The van der Waals surface area contributed by atoms with Crippen LogP contribution >= 0.6 is 0 Å². The highest BCUT2D eigenvalue weighted by atomic mass is 16.5. The largest absolute Gasteiger partial charge is 0.439 e. The van der Waals surface area contributed by atoms with E-state index in [1.807, 2.05) is 80.4 Å². The average Bonchev–Trinajstić information content (AvgIpc) is 3.52. The van der Waals surface area contributed by atoms with Crippen LogP contribution in [0.5, 0.6) is 11.6 Å². The van der Waals surface area contributed by atoms with E-state index in [-0.39, 0.29) is 5.91 Å². The molecule has 0 bridgehead atoms. The molecule has 0 N–H and O–H groups in total. The smallest absolute Gasteiger partial charge is 0.223 e. The number of hydrogen-bond acceptors (Lipinski definition) is 3. The first-order chi connectivity index (χ1) is 14.1. The van der Waals surface area contributed by atoms with E-state index < -0.39 is 0 Å². The van der Waals surface area contributed by atoms with Crippen LogP contribution in [0.1, 0.15) is 37.3 Å². The van der Waals surface area contributed by atoms with Gasteiger partial charge in [-0.3, -0.25) is 4.79 Å². The molecule has 0 radical (unpaired) electrons. The molecule has 5 nitrogen and oxygen atoms in total. The molecule has 0 unspecified atom stereocenters. The number of benzene rings is 2. The molecule has 5 heteroatoms. The normalized spacial score (nSPS) is 13.3. The van der Waals surface area contributed by atoms with Crippen LogP contribution in [-0.4, -0.2) is 26.6 Å². The van der Waals surface area contributed by atoms with Gasteiger partial charge in [0.1, 0.15) is 11.4 Å². The minimum Gasteiger partial charge on any atom is -0.439 e. The number of carbonyl (C=O) groups is 1. The van der Waals surface area contributed by atoms with Crippen molar-refractivity contribution in [2.24, 2.45) is 7.05 Å². The molecule has 1 amide bonds. The van der Waals surface area contributed by atoms with Crippen LogP contribution in [0.15, 0.2) is 54.6 Å². The molecule has 0 saturated heterocycles. The van der Waals surface area contributed by atoms with Gasteiger partial charge in [0, 0.05) is 25.1 Å². The molecule has 1 aliphatic carbocycles. The quantitative estimate of drug-likeness (QED) is 0.565. The van der Waals surface area contributed by atoms with E-state index >= 15 is 0 Å². The first-order valence-electron chi connectivity index (χ1n) is 10.2. The Morgan fingerprint density at radius 1 is 1.17 bits per heavy atom. The maximum Gasteiger partial charge on any atom is 0.223 e. The van der Waals surface area contributed by atoms with Crippen molar-refractivity contribution >= 4 is 5.91 Å². The fourth-order valence-corrected chi connectivity index (χ4v) is 3.62. The molecular weight excluding hydrogens is 362 g/mol. The van der Waals surface area contributed by atoms with Gasteiger partial charge in [-0.15, -0.1) is 0 Å². The van der Waals surface area contributed by atoms with Gasteiger partial charge in [-0.05, 0) is 37.5 Å². The van der Waals surface area contributed by atoms with Gasteiger partial charge in [0.15, 0.2) is 0 Å². The third-order valence-electron chi connectivity index (χ3n) is 5.28. The Balaban J connectivity index is 1.77. The lowest BCUT2D eigenvalue weighted by Crippen LogP contribution is -2.32. The summed E-state index contributed by atoms with van der Waals surface area (Å²) in [4.78, 5) is 14.6. The summed E-state index contributed by atoms with van der Waals surface area (Å²) >= 11 is 0. The highest BCUT2D eigenvalue weighted by Gasteiger charge is 2.34. The van der Waals surface area contributed by atoms with E-state index in [1.165, 1.54) is 0 Å². The predicted molar refractivity (Wildman–Crippen MR) is 114 cm³/mol. The lowest BCUT2D eigenvalue weighted by Gasteiger charge is -2.22. The molecule has 0 aliphatic heterocycles. The van der Waals surface area contributed by atoms with Crippen molar-refractivity contribution in [3.8, 4) is 22.9 Å². The molecule has 2 aromatic carbocycles. The summed E-state index contributed by atoms with van der Waals surface area (Å²) in [6, 6.07) is 18.4. The van der Waals surface area contributed by atoms with Crippen LogP contribution in [0.25, 0.3) is 11.3 Å². The molecular formula is C24H27N3O2. The molecule has 1 fully saturated rings. The van der Waals surface area contributed by atoms with E-state index in [0.717, 1.165) is 41.0 Å². The predicted octanol–water partition coefficient (Wildman–Crippen LogP) is 5.09. The summed E-state index contributed by atoms with van der Waals surface area (Å²) < 4.78 is 8.08. The molecule has 0 atom stereocenters. The second-order valence-corrected chi connectivity index (χ2v) is 7.65. The van der Waals surface area contributed by atoms with E-state index in [2.05, 4.69) is 0 Å². The second kappa shape index (κ2) is 8.11. The summed E-state index contributed by atoms with van der Waals surface area (Å²) in [5.41, 5.74) is 3.98. The Hall–Kier alpha value is -3.08. The van der Waals surface area contributed by atoms with Crippen molar-refractivity contribution in [1.82, 2.24) is 14.7 Å². The van der Waals surface area contributed by atoms with Gasteiger partial charge in [-0.25, -0.2) is 4.68 Å². The molecule has 150 valence electrons. The lowest BCUT2D eigenvalue weighted by atomic mass is 10.1.